The van der Waals surface area contributed by atoms with Gasteiger partial charge in [0.15, 0.2) is 5.82 Å². The molecule has 3 rings (SSSR count). The Morgan fingerprint density at radius 2 is 2.00 bits per heavy atom. The van der Waals surface area contributed by atoms with Gasteiger partial charge in [0.2, 0.25) is 0 Å². The van der Waals surface area contributed by atoms with E-state index in [1.165, 1.54) is 13.1 Å². The molecule has 0 atom stereocenters. The number of anilines is 1. The van der Waals surface area contributed by atoms with Crippen LogP contribution >= 0.6 is 0 Å². The Balaban J connectivity index is 0.000000182. The molecule has 0 aliphatic carbocycles. The first-order valence-electron chi connectivity index (χ1n) is 5.86. The maximum absolute atomic E-state index is 10.6. The summed E-state index contributed by atoms with van der Waals surface area (Å²) in [4.78, 5) is 11.2. The van der Waals surface area contributed by atoms with Crippen LogP contribution in [0.4, 0.5) is 19.0 Å². The average Bonchev–Trinajstić information content (AvgIpc) is 2.26. The summed E-state index contributed by atoms with van der Waals surface area (Å²) >= 11 is 0. The number of rotatable bonds is 1. The molecule has 2 N–H and O–H groups in total. The number of aliphatic carboxylic acids is 1. The smallest absolute Gasteiger partial charge is 0.475 e. The highest BCUT2D eigenvalue weighted by Crippen LogP contribution is 2.36. The predicted octanol–water partition coefficient (Wildman–Crippen LogP) is 0.519. The van der Waals surface area contributed by atoms with Crippen molar-refractivity contribution in [3.63, 3.8) is 0 Å². The van der Waals surface area contributed by atoms with Gasteiger partial charge in [-0.25, -0.2) is 4.79 Å². The minimum atomic E-state index is -5.08. The van der Waals surface area contributed by atoms with Crippen molar-refractivity contribution in [2.75, 3.05) is 31.1 Å². The molecule has 6 nitrogen and oxygen atoms in total. The van der Waals surface area contributed by atoms with Gasteiger partial charge in [-0.3, -0.25) is 0 Å². The zero-order valence-electron chi connectivity index (χ0n) is 10.4. The summed E-state index contributed by atoms with van der Waals surface area (Å²) in [6.07, 6.45) is -3.37. The number of alkyl halides is 3. The normalized spacial score (nSPS) is 19.4. The number of hydrogen-bond donors (Lipinski definition) is 2. The zero-order valence-corrected chi connectivity index (χ0v) is 10.4. The quantitative estimate of drug-likeness (QED) is 0.785. The van der Waals surface area contributed by atoms with Gasteiger partial charge in [-0.2, -0.15) is 18.3 Å². The number of carbonyl (C=O) groups is 1. The molecule has 3 heterocycles. The lowest BCUT2D eigenvalue weighted by Gasteiger charge is -2.56. The number of hydrogen-bond acceptors (Lipinski definition) is 5. The standard InChI is InChI=1S/C9H12N4.C2HF3O2/c1-2-8(12-11-3-1)13-6-9(7-13)4-10-5-9;3-2(4,5)1(6)7/h1-3,10H,4-7H2;(H,6,7). The topological polar surface area (TPSA) is 78.3 Å². The molecule has 2 fully saturated rings. The fraction of sp³-hybridized carbons (Fsp3) is 0.545. The molecular formula is C11H13F3N4O2. The van der Waals surface area contributed by atoms with E-state index >= 15 is 0 Å². The van der Waals surface area contributed by atoms with Crippen LogP contribution in [0.1, 0.15) is 0 Å². The molecule has 2 saturated heterocycles. The first kappa shape index (κ1) is 14.5. The monoisotopic (exact) mass is 290 g/mol. The lowest BCUT2D eigenvalue weighted by atomic mass is 9.74. The van der Waals surface area contributed by atoms with Gasteiger partial charge in [-0.15, -0.1) is 5.10 Å². The van der Waals surface area contributed by atoms with Crippen molar-refractivity contribution in [1.82, 2.24) is 15.5 Å². The molecule has 0 radical (unpaired) electrons. The third-order valence-corrected chi connectivity index (χ3v) is 3.18. The molecule has 1 spiro atoms. The van der Waals surface area contributed by atoms with E-state index in [4.69, 9.17) is 9.90 Å². The predicted molar refractivity (Wildman–Crippen MR) is 63.2 cm³/mol. The second-order valence-electron chi connectivity index (χ2n) is 4.84. The van der Waals surface area contributed by atoms with Gasteiger partial charge >= 0.3 is 12.1 Å². The maximum atomic E-state index is 10.6. The summed E-state index contributed by atoms with van der Waals surface area (Å²) < 4.78 is 31.7. The third kappa shape index (κ3) is 3.16. The van der Waals surface area contributed by atoms with Gasteiger partial charge < -0.3 is 15.3 Å². The van der Waals surface area contributed by atoms with Crippen LogP contribution in [-0.4, -0.2) is 53.6 Å². The fourth-order valence-electron chi connectivity index (χ4n) is 2.09. The second kappa shape index (κ2) is 5.23. The van der Waals surface area contributed by atoms with Crippen molar-refractivity contribution in [2.45, 2.75) is 6.18 Å². The fourth-order valence-corrected chi connectivity index (χ4v) is 2.09. The van der Waals surface area contributed by atoms with Gasteiger partial charge in [0.1, 0.15) is 0 Å². The van der Waals surface area contributed by atoms with Crippen LogP contribution in [0, 0.1) is 5.41 Å². The van der Waals surface area contributed by atoms with Gasteiger partial charge in [0, 0.05) is 37.8 Å². The van der Waals surface area contributed by atoms with Crippen LogP contribution < -0.4 is 10.2 Å². The summed E-state index contributed by atoms with van der Waals surface area (Å²) in [5.74, 6) is -1.74. The molecule has 0 aromatic carbocycles. The Kier molecular flexibility index (Phi) is 3.80. The van der Waals surface area contributed by atoms with Crippen molar-refractivity contribution in [3.05, 3.63) is 18.3 Å². The number of aromatic nitrogens is 2. The summed E-state index contributed by atoms with van der Waals surface area (Å²) in [6, 6.07) is 3.96. The molecule has 9 heteroatoms. The van der Waals surface area contributed by atoms with Crippen molar-refractivity contribution in [3.8, 4) is 0 Å². The van der Waals surface area contributed by atoms with E-state index in [0.29, 0.717) is 5.41 Å². The molecule has 0 amide bonds. The Hall–Kier alpha value is -1.90. The van der Waals surface area contributed by atoms with Gasteiger partial charge in [-0.1, -0.05) is 0 Å². The summed E-state index contributed by atoms with van der Waals surface area (Å²) in [5.41, 5.74) is 0.567. The van der Waals surface area contributed by atoms with E-state index in [-0.39, 0.29) is 0 Å². The highest BCUT2D eigenvalue weighted by Gasteiger charge is 2.47. The van der Waals surface area contributed by atoms with Gasteiger partial charge in [0.05, 0.1) is 0 Å². The van der Waals surface area contributed by atoms with E-state index in [0.717, 1.165) is 18.9 Å². The van der Waals surface area contributed by atoms with Crippen LogP contribution in [0.5, 0.6) is 0 Å². The zero-order chi connectivity index (χ0) is 14.8. The Labute approximate surface area is 112 Å². The van der Waals surface area contributed by atoms with Gasteiger partial charge in [0.25, 0.3) is 0 Å². The van der Waals surface area contributed by atoms with E-state index in [1.807, 2.05) is 12.1 Å². The Morgan fingerprint density at radius 3 is 2.35 bits per heavy atom. The summed E-state index contributed by atoms with van der Waals surface area (Å²) in [6.45, 7) is 4.62. The summed E-state index contributed by atoms with van der Waals surface area (Å²) in [5, 5.41) is 18.4. The second-order valence-corrected chi connectivity index (χ2v) is 4.84. The van der Waals surface area contributed by atoms with Crippen LogP contribution in [0.25, 0.3) is 0 Å². The third-order valence-electron chi connectivity index (χ3n) is 3.18. The molecule has 1 aromatic rings. The average molecular weight is 290 g/mol. The van der Waals surface area contributed by atoms with Crippen molar-refractivity contribution in [1.29, 1.82) is 0 Å². The van der Waals surface area contributed by atoms with E-state index in [1.54, 1.807) is 6.20 Å². The Bertz CT molecular complexity index is 468. The summed E-state index contributed by atoms with van der Waals surface area (Å²) in [7, 11) is 0. The minimum absolute atomic E-state index is 0.567. The first-order valence-corrected chi connectivity index (χ1v) is 5.86. The van der Waals surface area contributed by atoms with E-state index in [2.05, 4.69) is 20.4 Å². The van der Waals surface area contributed by atoms with Crippen LogP contribution in [-0.2, 0) is 4.79 Å². The first-order chi connectivity index (χ1) is 9.32. The van der Waals surface area contributed by atoms with E-state index < -0.39 is 12.1 Å². The number of carboxylic acid groups (broad SMARTS) is 1. The molecule has 1 aromatic heterocycles. The molecule has 0 unspecified atom stereocenters. The molecule has 110 valence electrons. The van der Waals surface area contributed by atoms with Crippen LogP contribution in [0.3, 0.4) is 0 Å². The van der Waals surface area contributed by atoms with Crippen molar-refractivity contribution < 1.29 is 23.1 Å². The molecule has 2 aliphatic rings. The number of nitrogens with one attached hydrogen (secondary N) is 1. The Morgan fingerprint density at radius 1 is 1.40 bits per heavy atom. The van der Waals surface area contributed by atoms with Crippen molar-refractivity contribution in [2.24, 2.45) is 5.41 Å². The van der Waals surface area contributed by atoms with Gasteiger partial charge in [-0.05, 0) is 12.1 Å². The molecule has 20 heavy (non-hydrogen) atoms. The lowest BCUT2D eigenvalue weighted by molar-refractivity contribution is -0.192. The number of carboxylic acids is 1. The lowest BCUT2D eigenvalue weighted by Crippen LogP contribution is -2.71. The number of nitrogens with zero attached hydrogens (tertiary/aromatic N) is 3. The van der Waals surface area contributed by atoms with E-state index in [9.17, 15) is 13.2 Å². The van der Waals surface area contributed by atoms with Crippen molar-refractivity contribution >= 4 is 11.8 Å². The number of halogens is 3. The molecule has 2 aliphatic heterocycles. The highest BCUT2D eigenvalue weighted by atomic mass is 19.4. The highest BCUT2D eigenvalue weighted by molar-refractivity contribution is 5.73. The molecule has 0 saturated carbocycles. The molecular weight excluding hydrogens is 277 g/mol. The van der Waals surface area contributed by atoms with Crippen LogP contribution in [0.15, 0.2) is 18.3 Å². The SMILES string of the molecule is O=C(O)C(F)(F)F.c1cnnc(N2CC3(CNC3)C2)c1. The molecule has 0 bridgehead atoms. The largest absolute Gasteiger partial charge is 0.490 e. The van der Waals surface area contributed by atoms with Crippen LogP contribution in [0.2, 0.25) is 0 Å². The minimum Gasteiger partial charge on any atom is -0.475 e. The maximum Gasteiger partial charge on any atom is 0.490 e.